The first-order valence-electron chi connectivity index (χ1n) is 6.51. The largest absolute Gasteiger partial charge is 0.444 e. The van der Waals surface area contributed by atoms with E-state index < -0.39 is 17.8 Å². The minimum atomic E-state index is -0.511. The fourth-order valence-electron chi connectivity index (χ4n) is 1.82. The van der Waals surface area contributed by atoms with Gasteiger partial charge in [-0.2, -0.15) is 0 Å². The molecule has 110 valence electrons. The van der Waals surface area contributed by atoms with Gasteiger partial charge in [0, 0.05) is 14.1 Å². The average molecular weight is 272 g/mol. The van der Waals surface area contributed by atoms with Crippen LogP contribution in [0.25, 0.3) is 0 Å². The lowest BCUT2D eigenvalue weighted by molar-refractivity contribution is -0.144. The molecule has 0 aromatic rings. The van der Waals surface area contributed by atoms with Crippen molar-refractivity contribution in [3.05, 3.63) is 0 Å². The maximum Gasteiger partial charge on any atom is 0.407 e. The lowest BCUT2D eigenvalue weighted by Gasteiger charge is -2.30. The molecule has 1 saturated heterocycles. The SMILES string of the molecule is CN(C)C(=O)C1CCC(NC(=O)OC(C)(C)C)CO1. The van der Waals surface area contributed by atoms with Gasteiger partial charge in [0.1, 0.15) is 11.7 Å². The monoisotopic (exact) mass is 272 g/mol. The van der Waals surface area contributed by atoms with Gasteiger partial charge in [-0.3, -0.25) is 4.79 Å². The predicted octanol–water partition coefficient (Wildman–Crippen LogP) is 1.15. The van der Waals surface area contributed by atoms with Gasteiger partial charge in [0.05, 0.1) is 12.6 Å². The second-order valence-electron chi connectivity index (χ2n) is 5.98. The molecule has 1 fully saturated rings. The second-order valence-corrected chi connectivity index (χ2v) is 5.98. The van der Waals surface area contributed by atoms with Crippen molar-refractivity contribution < 1.29 is 19.1 Å². The zero-order valence-electron chi connectivity index (χ0n) is 12.4. The number of alkyl carbamates (subject to hydrolysis) is 1. The summed E-state index contributed by atoms with van der Waals surface area (Å²) in [6, 6.07) is -0.0962. The summed E-state index contributed by atoms with van der Waals surface area (Å²) in [5.74, 6) is -0.0317. The zero-order chi connectivity index (χ0) is 14.6. The molecule has 0 radical (unpaired) electrons. The molecule has 1 aliphatic heterocycles. The molecule has 0 aromatic heterocycles. The normalized spacial score (nSPS) is 23.6. The molecule has 2 unspecified atom stereocenters. The van der Waals surface area contributed by atoms with Crippen LogP contribution < -0.4 is 5.32 Å². The molecular formula is C13H24N2O4. The van der Waals surface area contributed by atoms with E-state index in [9.17, 15) is 9.59 Å². The predicted molar refractivity (Wildman–Crippen MR) is 70.8 cm³/mol. The number of nitrogens with one attached hydrogen (secondary N) is 1. The Hall–Kier alpha value is -1.30. The van der Waals surface area contributed by atoms with Gasteiger partial charge in [0.15, 0.2) is 0 Å². The minimum absolute atomic E-state index is 0.0317. The quantitative estimate of drug-likeness (QED) is 0.818. The Bertz CT molecular complexity index is 328. The molecule has 0 aliphatic carbocycles. The zero-order valence-corrected chi connectivity index (χ0v) is 12.4. The fourth-order valence-corrected chi connectivity index (χ4v) is 1.82. The van der Waals surface area contributed by atoms with Gasteiger partial charge >= 0.3 is 6.09 Å². The topological polar surface area (TPSA) is 67.9 Å². The fraction of sp³-hybridized carbons (Fsp3) is 0.846. The molecule has 1 N–H and O–H groups in total. The number of likely N-dealkylation sites (N-methyl/N-ethyl adjacent to an activating group) is 1. The van der Waals surface area contributed by atoms with E-state index in [1.165, 1.54) is 4.90 Å². The van der Waals surface area contributed by atoms with Crippen molar-refractivity contribution in [2.75, 3.05) is 20.7 Å². The Morgan fingerprint density at radius 1 is 1.26 bits per heavy atom. The van der Waals surface area contributed by atoms with Crippen LogP contribution in [0.3, 0.4) is 0 Å². The van der Waals surface area contributed by atoms with E-state index in [1.54, 1.807) is 14.1 Å². The van der Waals surface area contributed by atoms with E-state index in [1.807, 2.05) is 20.8 Å². The molecule has 6 heteroatoms. The van der Waals surface area contributed by atoms with Crippen LogP contribution in [0.5, 0.6) is 0 Å². The van der Waals surface area contributed by atoms with Crippen molar-refractivity contribution in [3.8, 4) is 0 Å². The van der Waals surface area contributed by atoms with E-state index in [0.29, 0.717) is 19.4 Å². The van der Waals surface area contributed by atoms with Crippen molar-refractivity contribution in [2.45, 2.75) is 51.4 Å². The maximum atomic E-state index is 11.7. The van der Waals surface area contributed by atoms with Crippen LogP contribution in [0.15, 0.2) is 0 Å². The lowest BCUT2D eigenvalue weighted by atomic mass is 10.0. The Balaban J connectivity index is 2.34. The van der Waals surface area contributed by atoms with Crippen LogP contribution in [-0.2, 0) is 14.3 Å². The number of carbonyl (C=O) groups excluding carboxylic acids is 2. The first-order chi connectivity index (χ1) is 8.69. The standard InChI is InChI=1S/C13H24N2O4/c1-13(2,3)19-12(17)14-9-6-7-10(18-8-9)11(16)15(4)5/h9-10H,6-8H2,1-5H3,(H,14,17). The summed E-state index contributed by atoms with van der Waals surface area (Å²) in [6.07, 6.45) is 0.478. The Morgan fingerprint density at radius 2 is 1.89 bits per heavy atom. The van der Waals surface area contributed by atoms with Crippen LogP contribution in [0.4, 0.5) is 4.79 Å². The molecule has 19 heavy (non-hydrogen) atoms. The van der Waals surface area contributed by atoms with Gasteiger partial charge in [0.2, 0.25) is 0 Å². The highest BCUT2D eigenvalue weighted by molar-refractivity contribution is 5.80. The van der Waals surface area contributed by atoms with E-state index in [4.69, 9.17) is 9.47 Å². The smallest absolute Gasteiger partial charge is 0.407 e. The van der Waals surface area contributed by atoms with Crippen molar-refractivity contribution in [2.24, 2.45) is 0 Å². The average Bonchev–Trinajstić information content (AvgIpc) is 2.26. The summed E-state index contributed by atoms with van der Waals surface area (Å²) in [6.45, 7) is 5.78. The van der Waals surface area contributed by atoms with Crippen molar-refractivity contribution in [3.63, 3.8) is 0 Å². The van der Waals surface area contributed by atoms with Crippen LogP contribution in [0, 0.1) is 0 Å². The number of ether oxygens (including phenoxy) is 2. The van der Waals surface area contributed by atoms with Crippen LogP contribution in [0.1, 0.15) is 33.6 Å². The summed E-state index contributed by atoms with van der Waals surface area (Å²) in [5, 5.41) is 2.75. The number of hydrogen-bond donors (Lipinski definition) is 1. The molecule has 1 aliphatic rings. The molecule has 1 heterocycles. The first kappa shape index (κ1) is 15.8. The molecule has 0 aromatic carbocycles. The van der Waals surface area contributed by atoms with E-state index >= 15 is 0 Å². The summed E-state index contributed by atoms with van der Waals surface area (Å²) in [5.41, 5.74) is -0.511. The van der Waals surface area contributed by atoms with Gasteiger partial charge < -0.3 is 19.7 Å². The summed E-state index contributed by atoms with van der Waals surface area (Å²) >= 11 is 0. The molecule has 0 saturated carbocycles. The third kappa shape index (κ3) is 5.46. The van der Waals surface area contributed by atoms with Crippen LogP contribution in [-0.4, -0.2) is 55.3 Å². The Morgan fingerprint density at radius 3 is 2.32 bits per heavy atom. The number of carbonyl (C=O) groups is 2. The Kier molecular flexibility index (Phi) is 5.17. The maximum absolute atomic E-state index is 11.7. The molecule has 2 amide bonds. The highest BCUT2D eigenvalue weighted by atomic mass is 16.6. The highest BCUT2D eigenvalue weighted by Gasteiger charge is 2.29. The molecule has 2 atom stereocenters. The van der Waals surface area contributed by atoms with Crippen molar-refractivity contribution in [1.29, 1.82) is 0 Å². The molecular weight excluding hydrogens is 248 g/mol. The number of nitrogens with zero attached hydrogens (tertiary/aromatic N) is 1. The molecule has 6 nitrogen and oxygen atoms in total. The minimum Gasteiger partial charge on any atom is -0.444 e. The summed E-state index contributed by atoms with van der Waals surface area (Å²) < 4.78 is 10.7. The van der Waals surface area contributed by atoms with Crippen LogP contribution >= 0.6 is 0 Å². The lowest BCUT2D eigenvalue weighted by Crippen LogP contribution is -2.47. The first-order valence-corrected chi connectivity index (χ1v) is 6.51. The van der Waals surface area contributed by atoms with Gasteiger partial charge in [0.25, 0.3) is 5.91 Å². The Labute approximate surface area is 114 Å². The molecule has 0 bridgehead atoms. The van der Waals surface area contributed by atoms with Gasteiger partial charge in [-0.1, -0.05) is 0 Å². The third-order valence-corrected chi connectivity index (χ3v) is 2.71. The number of amides is 2. The third-order valence-electron chi connectivity index (χ3n) is 2.71. The van der Waals surface area contributed by atoms with E-state index in [2.05, 4.69) is 5.32 Å². The summed E-state index contributed by atoms with van der Waals surface area (Å²) in [7, 11) is 3.41. The van der Waals surface area contributed by atoms with Gasteiger partial charge in [-0.15, -0.1) is 0 Å². The number of rotatable bonds is 2. The van der Waals surface area contributed by atoms with Gasteiger partial charge in [-0.05, 0) is 33.6 Å². The van der Waals surface area contributed by atoms with E-state index in [0.717, 1.165) is 0 Å². The van der Waals surface area contributed by atoms with Crippen molar-refractivity contribution >= 4 is 12.0 Å². The van der Waals surface area contributed by atoms with Crippen LogP contribution in [0.2, 0.25) is 0 Å². The number of hydrogen-bond acceptors (Lipinski definition) is 4. The van der Waals surface area contributed by atoms with Crippen molar-refractivity contribution in [1.82, 2.24) is 10.2 Å². The van der Waals surface area contributed by atoms with Gasteiger partial charge in [-0.25, -0.2) is 4.79 Å². The molecule has 1 rings (SSSR count). The summed E-state index contributed by atoms with van der Waals surface area (Å²) in [4.78, 5) is 24.8. The highest BCUT2D eigenvalue weighted by Crippen LogP contribution is 2.16. The second kappa shape index (κ2) is 6.23. The molecule has 0 spiro atoms. The van der Waals surface area contributed by atoms with E-state index in [-0.39, 0.29) is 11.9 Å².